The first-order chi connectivity index (χ1) is 15.2. The van der Waals surface area contributed by atoms with Gasteiger partial charge in [-0.2, -0.15) is 0 Å². The average Bonchev–Trinajstić information content (AvgIpc) is 2.79. The number of halogens is 1. The van der Waals surface area contributed by atoms with Gasteiger partial charge in [-0.25, -0.2) is 9.18 Å². The van der Waals surface area contributed by atoms with Gasteiger partial charge < -0.3 is 5.11 Å². The summed E-state index contributed by atoms with van der Waals surface area (Å²) < 4.78 is 13.2. The molecule has 1 aliphatic carbocycles. The smallest absolute Gasteiger partial charge is 0.335 e. The predicted octanol–water partition coefficient (Wildman–Crippen LogP) is 6.70. The van der Waals surface area contributed by atoms with Gasteiger partial charge in [-0.15, -0.1) is 0 Å². The molecule has 0 aromatic heterocycles. The standard InChI is InChI=1S/C29H23FO2/c1-19(21-8-10-23(11-9-21)28(31)32)24-12-15-27-26(18-24)22(16-17-29(27,2)3)7-4-20-5-13-25(30)14-6-20/h5-6,8-16,18H,1,17H2,2-3H3,(H,31,32). The van der Waals surface area contributed by atoms with Gasteiger partial charge in [0.1, 0.15) is 5.82 Å². The lowest BCUT2D eigenvalue weighted by molar-refractivity contribution is 0.0697. The lowest BCUT2D eigenvalue weighted by atomic mass is 9.72. The van der Waals surface area contributed by atoms with Crippen LogP contribution in [0.4, 0.5) is 4.39 Å². The molecule has 3 aromatic carbocycles. The zero-order valence-corrected chi connectivity index (χ0v) is 18.1. The molecule has 0 unspecified atom stereocenters. The van der Waals surface area contributed by atoms with Crippen LogP contribution in [0.3, 0.4) is 0 Å². The number of allylic oxidation sites excluding steroid dienone is 2. The van der Waals surface area contributed by atoms with Gasteiger partial charge in [0.25, 0.3) is 0 Å². The molecule has 3 heteroatoms. The van der Waals surface area contributed by atoms with E-state index in [0.29, 0.717) is 0 Å². The van der Waals surface area contributed by atoms with E-state index in [0.717, 1.165) is 39.8 Å². The Bertz CT molecular complexity index is 1300. The molecule has 0 saturated heterocycles. The first-order valence-corrected chi connectivity index (χ1v) is 10.4. The van der Waals surface area contributed by atoms with Gasteiger partial charge in [0.15, 0.2) is 0 Å². The van der Waals surface area contributed by atoms with Crippen molar-refractivity contribution in [3.63, 3.8) is 0 Å². The number of aromatic carboxylic acids is 1. The van der Waals surface area contributed by atoms with Gasteiger partial charge in [-0.05, 0) is 82.1 Å². The van der Waals surface area contributed by atoms with Crippen LogP contribution < -0.4 is 0 Å². The second kappa shape index (κ2) is 8.32. The third kappa shape index (κ3) is 4.26. The van der Waals surface area contributed by atoms with Crippen molar-refractivity contribution in [3.8, 4) is 11.8 Å². The summed E-state index contributed by atoms with van der Waals surface area (Å²) in [6, 6.07) is 19.2. The Morgan fingerprint density at radius 2 is 1.56 bits per heavy atom. The summed E-state index contributed by atoms with van der Waals surface area (Å²) in [6.07, 6.45) is 3.04. The lowest BCUT2D eigenvalue weighted by Gasteiger charge is -2.31. The summed E-state index contributed by atoms with van der Waals surface area (Å²) in [6.45, 7) is 8.67. The fourth-order valence-electron chi connectivity index (χ4n) is 3.89. The summed E-state index contributed by atoms with van der Waals surface area (Å²) in [5.74, 6) is 5.19. The van der Waals surface area contributed by atoms with Crippen molar-refractivity contribution < 1.29 is 14.3 Å². The van der Waals surface area contributed by atoms with Gasteiger partial charge in [-0.1, -0.05) is 62.6 Å². The van der Waals surface area contributed by atoms with Gasteiger partial charge in [-0.3, -0.25) is 0 Å². The fraction of sp³-hybridized carbons (Fsp3) is 0.138. The maximum Gasteiger partial charge on any atom is 0.335 e. The first kappa shape index (κ1) is 21.3. The minimum absolute atomic E-state index is 0.0145. The molecule has 0 saturated carbocycles. The zero-order chi connectivity index (χ0) is 22.9. The second-order valence-electron chi connectivity index (χ2n) is 8.58. The van der Waals surface area contributed by atoms with Gasteiger partial charge >= 0.3 is 5.97 Å². The Morgan fingerprint density at radius 1 is 0.938 bits per heavy atom. The summed E-state index contributed by atoms with van der Waals surface area (Å²) in [5.41, 5.74) is 6.87. The second-order valence-corrected chi connectivity index (χ2v) is 8.58. The molecular formula is C29H23FO2. The molecule has 0 bridgehead atoms. The van der Waals surface area contributed by atoms with Crippen LogP contribution in [-0.2, 0) is 5.41 Å². The van der Waals surface area contributed by atoms with Crippen LogP contribution in [-0.4, -0.2) is 11.1 Å². The molecule has 0 radical (unpaired) electrons. The van der Waals surface area contributed by atoms with E-state index in [1.165, 1.54) is 17.7 Å². The minimum Gasteiger partial charge on any atom is -0.478 e. The SMILES string of the molecule is C=C(c1ccc(C(=O)O)cc1)c1ccc2c(c1)C(C#Cc1ccc(F)cc1)=CCC2(C)C. The fourth-order valence-corrected chi connectivity index (χ4v) is 3.89. The van der Waals surface area contributed by atoms with E-state index in [9.17, 15) is 9.18 Å². The van der Waals surface area contributed by atoms with E-state index < -0.39 is 5.97 Å². The molecular weight excluding hydrogens is 399 g/mol. The molecule has 3 aromatic rings. The number of carboxylic acids is 1. The van der Waals surface area contributed by atoms with E-state index >= 15 is 0 Å². The largest absolute Gasteiger partial charge is 0.478 e. The van der Waals surface area contributed by atoms with E-state index in [1.54, 1.807) is 36.4 Å². The summed E-state index contributed by atoms with van der Waals surface area (Å²) in [5, 5.41) is 9.13. The Labute approximate surface area is 187 Å². The lowest BCUT2D eigenvalue weighted by Crippen LogP contribution is -2.21. The van der Waals surface area contributed by atoms with Gasteiger partial charge in [0.05, 0.1) is 5.56 Å². The molecule has 0 atom stereocenters. The molecule has 2 nitrogen and oxygen atoms in total. The molecule has 0 amide bonds. The first-order valence-electron chi connectivity index (χ1n) is 10.4. The molecule has 1 aliphatic rings. The Morgan fingerprint density at radius 3 is 2.22 bits per heavy atom. The summed E-state index contributed by atoms with van der Waals surface area (Å²) >= 11 is 0. The van der Waals surface area contributed by atoms with E-state index in [1.807, 2.05) is 0 Å². The Hall–Kier alpha value is -3.90. The van der Waals surface area contributed by atoms with Crippen molar-refractivity contribution in [2.45, 2.75) is 25.7 Å². The van der Waals surface area contributed by atoms with Crippen LogP contribution in [0, 0.1) is 17.7 Å². The molecule has 0 heterocycles. The van der Waals surface area contributed by atoms with Crippen molar-refractivity contribution in [1.29, 1.82) is 0 Å². The highest BCUT2D eigenvalue weighted by Crippen LogP contribution is 2.40. The van der Waals surface area contributed by atoms with Crippen LogP contribution in [0.2, 0.25) is 0 Å². The maximum absolute atomic E-state index is 13.2. The van der Waals surface area contributed by atoms with Crippen molar-refractivity contribution in [1.82, 2.24) is 0 Å². The Kier molecular flexibility index (Phi) is 5.55. The molecule has 0 aliphatic heterocycles. The van der Waals surface area contributed by atoms with Gasteiger partial charge in [0.2, 0.25) is 0 Å². The van der Waals surface area contributed by atoms with Crippen LogP contribution in [0.25, 0.3) is 11.1 Å². The monoisotopic (exact) mass is 422 g/mol. The quantitative estimate of drug-likeness (QED) is 0.477. The van der Waals surface area contributed by atoms with E-state index in [-0.39, 0.29) is 16.8 Å². The topological polar surface area (TPSA) is 37.3 Å². The summed E-state index contributed by atoms with van der Waals surface area (Å²) in [7, 11) is 0. The van der Waals surface area contributed by atoms with Crippen molar-refractivity contribution in [2.24, 2.45) is 0 Å². The highest BCUT2D eigenvalue weighted by atomic mass is 19.1. The van der Waals surface area contributed by atoms with Crippen molar-refractivity contribution >= 4 is 17.1 Å². The van der Waals surface area contributed by atoms with Crippen molar-refractivity contribution in [3.05, 3.63) is 119 Å². The minimum atomic E-state index is -0.951. The number of carbonyl (C=O) groups is 1. The highest BCUT2D eigenvalue weighted by Gasteiger charge is 2.28. The molecule has 32 heavy (non-hydrogen) atoms. The average molecular weight is 422 g/mol. The number of hydrogen-bond acceptors (Lipinski definition) is 1. The van der Waals surface area contributed by atoms with Crippen LogP contribution in [0.15, 0.2) is 79.4 Å². The number of rotatable bonds is 3. The Balaban J connectivity index is 1.71. The number of hydrogen-bond donors (Lipinski definition) is 1. The van der Waals surface area contributed by atoms with Crippen LogP contribution in [0.5, 0.6) is 0 Å². The van der Waals surface area contributed by atoms with Crippen LogP contribution in [0.1, 0.15) is 58.4 Å². The molecule has 0 spiro atoms. The highest BCUT2D eigenvalue weighted by molar-refractivity contribution is 5.90. The van der Waals surface area contributed by atoms with Crippen LogP contribution >= 0.6 is 0 Å². The molecule has 158 valence electrons. The van der Waals surface area contributed by atoms with Crippen molar-refractivity contribution in [2.75, 3.05) is 0 Å². The predicted molar refractivity (Wildman–Crippen MR) is 127 cm³/mol. The third-order valence-electron chi connectivity index (χ3n) is 5.87. The number of carboxylic acid groups (broad SMARTS) is 1. The zero-order valence-electron chi connectivity index (χ0n) is 18.1. The number of fused-ring (bicyclic) bond motifs is 1. The van der Waals surface area contributed by atoms with E-state index in [4.69, 9.17) is 5.11 Å². The number of benzene rings is 3. The van der Waals surface area contributed by atoms with Gasteiger partial charge in [0, 0.05) is 11.1 Å². The maximum atomic E-state index is 13.2. The summed E-state index contributed by atoms with van der Waals surface area (Å²) in [4.78, 5) is 11.1. The molecule has 0 fully saturated rings. The van der Waals surface area contributed by atoms with E-state index in [2.05, 4.69) is 56.5 Å². The molecule has 1 N–H and O–H groups in total. The normalized spacial score (nSPS) is 13.9. The molecule has 4 rings (SSSR count). The third-order valence-corrected chi connectivity index (χ3v) is 5.87.